The molecule has 0 fully saturated rings. The average Bonchev–Trinajstić information content (AvgIpc) is 3.23. The van der Waals surface area contributed by atoms with Crippen LogP contribution in [0.15, 0.2) is 29.0 Å². The second kappa shape index (κ2) is 7.09. The molecule has 1 amide bonds. The van der Waals surface area contributed by atoms with E-state index < -0.39 is 0 Å². The fraction of sp³-hybridized carbons (Fsp3) is 0.333. The first-order valence-corrected chi connectivity index (χ1v) is 7.65. The van der Waals surface area contributed by atoms with E-state index in [0.29, 0.717) is 36.5 Å². The number of hydroxylamine groups is 1. The van der Waals surface area contributed by atoms with Gasteiger partial charge in [-0.05, 0) is 25.0 Å². The van der Waals surface area contributed by atoms with Crippen molar-refractivity contribution in [2.45, 2.75) is 32.2 Å². The first kappa shape index (κ1) is 15.9. The van der Waals surface area contributed by atoms with Crippen molar-refractivity contribution in [1.82, 2.24) is 25.2 Å². The van der Waals surface area contributed by atoms with Crippen LogP contribution in [0, 0.1) is 0 Å². The highest BCUT2D eigenvalue weighted by Gasteiger charge is 2.15. The molecule has 126 valence electrons. The van der Waals surface area contributed by atoms with E-state index in [2.05, 4.69) is 15.1 Å². The number of hydrogen-bond acceptors (Lipinski definition) is 7. The van der Waals surface area contributed by atoms with Gasteiger partial charge in [-0.25, -0.2) is 15.1 Å². The zero-order chi connectivity index (χ0) is 16.9. The van der Waals surface area contributed by atoms with Crippen molar-refractivity contribution in [3.05, 3.63) is 24.6 Å². The number of anilines is 1. The molecule has 0 aliphatic rings. The van der Waals surface area contributed by atoms with Crippen LogP contribution in [0.1, 0.15) is 25.7 Å². The fourth-order valence-corrected chi connectivity index (χ4v) is 2.52. The summed E-state index contributed by atoms with van der Waals surface area (Å²) in [5.74, 6) is 0.405. The predicted molar refractivity (Wildman–Crippen MR) is 85.8 cm³/mol. The fourth-order valence-electron chi connectivity index (χ4n) is 2.52. The van der Waals surface area contributed by atoms with E-state index >= 15 is 0 Å². The number of nitrogen functional groups attached to an aromatic ring is 1. The van der Waals surface area contributed by atoms with Gasteiger partial charge in [-0.3, -0.25) is 10.0 Å². The summed E-state index contributed by atoms with van der Waals surface area (Å²) in [4.78, 5) is 19.5. The topological polar surface area (TPSA) is 132 Å². The summed E-state index contributed by atoms with van der Waals surface area (Å²) in [5.41, 5.74) is 8.71. The Morgan fingerprint density at radius 2 is 2.21 bits per heavy atom. The summed E-state index contributed by atoms with van der Waals surface area (Å²) in [6, 6.07) is 3.59. The number of hydrogen-bond donors (Lipinski definition) is 3. The number of carbonyl (C=O) groups is 1. The molecule has 0 bridgehead atoms. The van der Waals surface area contributed by atoms with Crippen LogP contribution >= 0.6 is 0 Å². The van der Waals surface area contributed by atoms with Crippen molar-refractivity contribution in [3.63, 3.8) is 0 Å². The third-order valence-electron chi connectivity index (χ3n) is 3.67. The molecule has 0 unspecified atom stereocenters. The third kappa shape index (κ3) is 3.35. The van der Waals surface area contributed by atoms with Gasteiger partial charge in [-0.1, -0.05) is 6.42 Å². The largest absolute Gasteiger partial charge is 0.463 e. The number of unbranched alkanes of at least 4 members (excludes halogenated alkanes) is 2. The molecular weight excluding hydrogens is 312 g/mol. The van der Waals surface area contributed by atoms with Gasteiger partial charge >= 0.3 is 0 Å². The number of aryl methyl sites for hydroxylation is 1. The summed E-state index contributed by atoms with van der Waals surface area (Å²) < 4.78 is 7.17. The Kier molecular flexibility index (Phi) is 4.71. The van der Waals surface area contributed by atoms with Gasteiger partial charge in [-0.15, -0.1) is 0 Å². The van der Waals surface area contributed by atoms with Crippen molar-refractivity contribution in [2.75, 3.05) is 5.73 Å². The molecule has 0 aliphatic carbocycles. The Bertz CT molecular complexity index is 827. The Labute approximate surface area is 137 Å². The van der Waals surface area contributed by atoms with Crippen LogP contribution in [0.3, 0.4) is 0 Å². The van der Waals surface area contributed by atoms with Crippen LogP contribution in [0.5, 0.6) is 0 Å². The molecule has 0 saturated carbocycles. The number of furan rings is 1. The summed E-state index contributed by atoms with van der Waals surface area (Å²) in [7, 11) is 0. The summed E-state index contributed by atoms with van der Waals surface area (Å²) in [6.07, 6.45) is 5.93. The Morgan fingerprint density at radius 1 is 1.33 bits per heavy atom. The van der Waals surface area contributed by atoms with E-state index in [1.54, 1.807) is 28.7 Å². The molecule has 9 heteroatoms. The minimum atomic E-state index is -0.372. The molecule has 3 rings (SSSR count). The Hall–Kier alpha value is -2.94. The second-order valence-corrected chi connectivity index (χ2v) is 5.36. The molecule has 0 radical (unpaired) electrons. The molecule has 24 heavy (non-hydrogen) atoms. The van der Waals surface area contributed by atoms with Crippen LogP contribution in [-0.2, 0) is 11.3 Å². The first-order chi connectivity index (χ1) is 11.7. The van der Waals surface area contributed by atoms with Gasteiger partial charge in [0, 0.05) is 13.0 Å². The molecular formula is C15H18N6O3. The lowest BCUT2D eigenvalue weighted by atomic mass is 10.2. The van der Waals surface area contributed by atoms with E-state index in [0.717, 1.165) is 18.2 Å². The number of nitrogens with one attached hydrogen (secondary N) is 1. The summed E-state index contributed by atoms with van der Waals surface area (Å²) in [6.45, 7) is 0.651. The van der Waals surface area contributed by atoms with Gasteiger partial charge in [0.1, 0.15) is 5.69 Å². The van der Waals surface area contributed by atoms with Crippen LogP contribution in [0.25, 0.3) is 22.5 Å². The highest BCUT2D eigenvalue weighted by molar-refractivity contribution is 5.89. The molecule has 0 saturated heterocycles. The lowest BCUT2D eigenvalue weighted by molar-refractivity contribution is -0.129. The highest BCUT2D eigenvalue weighted by Crippen LogP contribution is 2.27. The van der Waals surface area contributed by atoms with Crippen molar-refractivity contribution in [2.24, 2.45) is 0 Å². The van der Waals surface area contributed by atoms with E-state index in [4.69, 9.17) is 15.4 Å². The third-order valence-corrected chi connectivity index (χ3v) is 3.67. The van der Waals surface area contributed by atoms with Crippen molar-refractivity contribution >= 4 is 22.9 Å². The van der Waals surface area contributed by atoms with E-state index in [1.807, 2.05) is 6.07 Å². The van der Waals surface area contributed by atoms with Crippen LogP contribution in [0.4, 0.5) is 5.95 Å². The molecule has 0 spiro atoms. The molecule has 3 aromatic rings. The number of fused-ring (bicyclic) bond motifs is 1. The molecule has 3 heterocycles. The van der Waals surface area contributed by atoms with Gasteiger partial charge in [0.15, 0.2) is 11.4 Å². The molecule has 3 aromatic heterocycles. The number of carbonyl (C=O) groups excluding carboxylic acids is 1. The predicted octanol–water partition coefficient (Wildman–Crippen LogP) is 1.73. The van der Waals surface area contributed by atoms with Crippen LogP contribution in [-0.4, -0.2) is 30.9 Å². The zero-order valence-corrected chi connectivity index (χ0v) is 13.0. The van der Waals surface area contributed by atoms with E-state index in [-0.39, 0.29) is 11.9 Å². The average molecular weight is 330 g/mol. The smallest absolute Gasteiger partial charge is 0.243 e. The first-order valence-electron chi connectivity index (χ1n) is 7.65. The molecule has 0 atom stereocenters. The SMILES string of the molecule is Nc1nc(-c2ccco2)c2cnn(CCCCCC(=O)NO)c2n1. The maximum absolute atomic E-state index is 10.9. The van der Waals surface area contributed by atoms with Gasteiger partial charge < -0.3 is 10.2 Å². The van der Waals surface area contributed by atoms with Gasteiger partial charge in [0.2, 0.25) is 11.9 Å². The van der Waals surface area contributed by atoms with Gasteiger partial charge in [0.25, 0.3) is 0 Å². The Balaban J connectivity index is 1.72. The molecule has 9 nitrogen and oxygen atoms in total. The second-order valence-electron chi connectivity index (χ2n) is 5.36. The standard InChI is InChI=1S/C15H18N6O3/c16-15-18-13(11-5-4-8-24-11)10-9-17-21(14(10)19-15)7-3-1-2-6-12(22)20-23/h4-5,8-9,23H,1-3,6-7H2,(H,20,22)(H2,16,18,19). The summed E-state index contributed by atoms with van der Waals surface area (Å²) >= 11 is 0. The molecule has 0 aromatic carbocycles. The lowest BCUT2D eigenvalue weighted by Crippen LogP contribution is -2.17. The number of amides is 1. The monoisotopic (exact) mass is 330 g/mol. The van der Waals surface area contributed by atoms with Crippen LogP contribution < -0.4 is 11.2 Å². The minimum Gasteiger partial charge on any atom is -0.463 e. The molecule has 0 aliphatic heterocycles. The van der Waals surface area contributed by atoms with Gasteiger partial charge in [-0.2, -0.15) is 10.1 Å². The number of nitrogens with zero attached hydrogens (tertiary/aromatic N) is 4. The van der Waals surface area contributed by atoms with Crippen LogP contribution in [0.2, 0.25) is 0 Å². The maximum atomic E-state index is 10.9. The number of rotatable bonds is 7. The maximum Gasteiger partial charge on any atom is 0.243 e. The minimum absolute atomic E-state index is 0.162. The zero-order valence-electron chi connectivity index (χ0n) is 13.0. The summed E-state index contributed by atoms with van der Waals surface area (Å²) in [5, 5.41) is 13.6. The lowest BCUT2D eigenvalue weighted by Gasteiger charge is -2.05. The van der Waals surface area contributed by atoms with Crippen molar-refractivity contribution < 1.29 is 14.4 Å². The van der Waals surface area contributed by atoms with Crippen molar-refractivity contribution in [1.29, 1.82) is 0 Å². The highest BCUT2D eigenvalue weighted by atomic mass is 16.5. The van der Waals surface area contributed by atoms with E-state index in [1.165, 1.54) is 0 Å². The van der Waals surface area contributed by atoms with Crippen molar-refractivity contribution in [3.8, 4) is 11.5 Å². The Morgan fingerprint density at radius 3 is 2.96 bits per heavy atom. The number of nitrogens with two attached hydrogens (primary N) is 1. The number of aromatic nitrogens is 4. The van der Waals surface area contributed by atoms with Gasteiger partial charge in [0.05, 0.1) is 17.8 Å². The normalized spacial score (nSPS) is 11.0. The van der Waals surface area contributed by atoms with E-state index in [9.17, 15) is 4.79 Å². The quantitative estimate of drug-likeness (QED) is 0.341. The molecule has 4 N–H and O–H groups in total.